The third-order valence-electron chi connectivity index (χ3n) is 3.91. The number of halogens is 1. The van der Waals surface area contributed by atoms with E-state index in [9.17, 15) is 5.11 Å². The maximum atomic E-state index is 9.51. The molecular weight excluding hydrogens is 352 g/mol. The van der Waals surface area contributed by atoms with Crippen LogP contribution in [0.15, 0.2) is 30.6 Å². The summed E-state index contributed by atoms with van der Waals surface area (Å²) in [4.78, 5) is 13.6. The lowest BCUT2D eigenvalue weighted by Crippen LogP contribution is -2.17. The highest BCUT2D eigenvalue weighted by Gasteiger charge is 2.15. The molecule has 7 nitrogen and oxygen atoms in total. The van der Waals surface area contributed by atoms with Crippen LogP contribution < -0.4 is 10.6 Å². The molecule has 0 fully saturated rings. The first-order chi connectivity index (χ1) is 12.4. The van der Waals surface area contributed by atoms with Crippen LogP contribution in [0.2, 0.25) is 5.02 Å². The smallest absolute Gasteiger partial charge is 0.226 e. The summed E-state index contributed by atoms with van der Waals surface area (Å²) in [7, 11) is 0. The van der Waals surface area contributed by atoms with Gasteiger partial charge in [-0.2, -0.15) is 9.97 Å². The van der Waals surface area contributed by atoms with E-state index in [1.807, 2.05) is 28.8 Å². The number of hydrogen-bond acceptors (Lipinski definition) is 6. The Morgan fingerprint density at radius 1 is 1.12 bits per heavy atom. The van der Waals surface area contributed by atoms with Gasteiger partial charge in [-0.1, -0.05) is 23.7 Å². The van der Waals surface area contributed by atoms with E-state index < -0.39 is 6.10 Å². The first kappa shape index (κ1) is 18.4. The van der Waals surface area contributed by atoms with E-state index in [4.69, 9.17) is 11.6 Å². The maximum absolute atomic E-state index is 9.51. The van der Waals surface area contributed by atoms with Crippen molar-refractivity contribution >= 4 is 34.5 Å². The third-order valence-corrected chi connectivity index (χ3v) is 4.16. The number of fused-ring (bicyclic) bond motifs is 1. The lowest BCUT2D eigenvalue weighted by Gasteiger charge is -2.12. The number of rotatable bonds is 7. The number of nitrogens with one attached hydrogen (secondary N) is 2. The van der Waals surface area contributed by atoms with E-state index in [1.165, 1.54) is 0 Å². The zero-order valence-electron chi connectivity index (χ0n) is 15.1. The van der Waals surface area contributed by atoms with Gasteiger partial charge < -0.3 is 20.3 Å². The fourth-order valence-corrected chi connectivity index (χ4v) is 2.65. The summed E-state index contributed by atoms with van der Waals surface area (Å²) in [5, 5.41) is 16.6. The summed E-state index contributed by atoms with van der Waals surface area (Å²) in [5.41, 5.74) is 2.56. The second kappa shape index (κ2) is 7.88. The van der Waals surface area contributed by atoms with Crippen LogP contribution in [0.4, 0.5) is 11.8 Å². The van der Waals surface area contributed by atoms with Crippen molar-refractivity contribution in [2.45, 2.75) is 39.5 Å². The normalized spacial score (nSPS) is 12.5. The molecule has 1 aromatic carbocycles. The molecule has 0 spiro atoms. The third kappa shape index (κ3) is 4.23. The quantitative estimate of drug-likeness (QED) is 0.587. The molecule has 2 aromatic heterocycles. The Kier molecular flexibility index (Phi) is 5.58. The molecule has 1 atom stereocenters. The summed E-state index contributed by atoms with van der Waals surface area (Å²) in [6, 6.07) is 7.87. The number of nitrogens with zero attached hydrogens (tertiary/aromatic N) is 4. The first-order valence-corrected chi connectivity index (χ1v) is 8.96. The number of aliphatic hydroxyl groups excluding tert-OH is 1. The average Bonchev–Trinajstić information content (AvgIpc) is 3.03. The zero-order valence-corrected chi connectivity index (χ0v) is 15.8. The van der Waals surface area contributed by atoms with Crippen LogP contribution in [-0.4, -0.2) is 37.3 Å². The number of imidazole rings is 1. The molecule has 0 aliphatic heterocycles. The number of anilines is 2. The van der Waals surface area contributed by atoms with E-state index >= 15 is 0 Å². The first-order valence-electron chi connectivity index (χ1n) is 8.59. The van der Waals surface area contributed by atoms with E-state index in [1.54, 1.807) is 13.3 Å². The van der Waals surface area contributed by atoms with Crippen LogP contribution in [0.1, 0.15) is 32.4 Å². The van der Waals surface area contributed by atoms with Crippen LogP contribution in [0.25, 0.3) is 11.2 Å². The second-order valence-electron chi connectivity index (χ2n) is 6.52. The van der Waals surface area contributed by atoms with Gasteiger partial charge in [-0.25, -0.2) is 4.98 Å². The van der Waals surface area contributed by atoms with Crippen molar-refractivity contribution in [1.82, 2.24) is 19.5 Å². The fraction of sp³-hybridized carbons (Fsp3) is 0.389. The molecule has 3 aromatic rings. The molecule has 8 heteroatoms. The molecule has 2 heterocycles. The Morgan fingerprint density at radius 2 is 1.85 bits per heavy atom. The highest BCUT2D eigenvalue weighted by Crippen LogP contribution is 2.24. The van der Waals surface area contributed by atoms with Gasteiger partial charge in [0.2, 0.25) is 5.95 Å². The van der Waals surface area contributed by atoms with Gasteiger partial charge in [-0.15, -0.1) is 0 Å². The van der Waals surface area contributed by atoms with Gasteiger partial charge in [0.15, 0.2) is 17.0 Å². The molecular formula is C18H23ClN6O. The van der Waals surface area contributed by atoms with Gasteiger partial charge in [0.05, 0.1) is 12.4 Å². The summed E-state index contributed by atoms with van der Waals surface area (Å²) >= 11 is 5.94. The molecule has 0 bridgehead atoms. The van der Waals surface area contributed by atoms with Crippen molar-refractivity contribution in [3.63, 3.8) is 0 Å². The van der Waals surface area contributed by atoms with Crippen molar-refractivity contribution < 1.29 is 5.11 Å². The molecule has 0 aliphatic carbocycles. The summed E-state index contributed by atoms with van der Waals surface area (Å²) in [5.74, 6) is 1.11. The number of benzene rings is 1. The largest absolute Gasteiger partial charge is 0.392 e. The minimum absolute atomic E-state index is 0.226. The Labute approximate surface area is 157 Å². The Balaban J connectivity index is 1.92. The topological polar surface area (TPSA) is 87.9 Å². The second-order valence-corrected chi connectivity index (χ2v) is 6.96. The molecule has 26 heavy (non-hydrogen) atoms. The molecule has 138 valence electrons. The van der Waals surface area contributed by atoms with E-state index in [0.717, 1.165) is 16.7 Å². The molecule has 0 radical (unpaired) electrons. The Hall–Kier alpha value is -2.38. The predicted molar refractivity (Wildman–Crippen MR) is 105 cm³/mol. The van der Waals surface area contributed by atoms with Crippen LogP contribution >= 0.6 is 11.6 Å². The highest BCUT2D eigenvalue weighted by molar-refractivity contribution is 6.30. The Bertz CT molecular complexity index is 875. The van der Waals surface area contributed by atoms with Crippen molar-refractivity contribution in [2.75, 3.05) is 17.2 Å². The van der Waals surface area contributed by atoms with Crippen molar-refractivity contribution in [3.8, 4) is 0 Å². The fourth-order valence-electron chi connectivity index (χ4n) is 2.52. The van der Waals surface area contributed by atoms with Gasteiger partial charge in [0.25, 0.3) is 0 Å². The molecule has 3 N–H and O–H groups in total. The number of aliphatic hydroxyl groups is 1. The highest BCUT2D eigenvalue weighted by atomic mass is 35.5. The molecule has 0 amide bonds. The molecule has 0 saturated heterocycles. The molecule has 0 aliphatic rings. The van der Waals surface area contributed by atoms with Gasteiger partial charge in [0.1, 0.15) is 0 Å². The van der Waals surface area contributed by atoms with Gasteiger partial charge in [-0.05, 0) is 38.5 Å². The van der Waals surface area contributed by atoms with Gasteiger partial charge in [-0.3, -0.25) is 0 Å². The van der Waals surface area contributed by atoms with E-state index in [2.05, 4.69) is 39.4 Å². The zero-order chi connectivity index (χ0) is 18.7. The van der Waals surface area contributed by atoms with Gasteiger partial charge in [0, 0.05) is 24.2 Å². The molecule has 3 rings (SSSR count). The van der Waals surface area contributed by atoms with Crippen molar-refractivity contribution in [1.29, 1.82) is 0 Å². The van der Waals surface area contributed by atoms with Crippen LogP contribution in [-0.2, 0) is 6.54 Å². The summed E-state index contributed by atoms with van der Waals surface area (Å²) in [6.07, 6.45) is 1.28. The lowest BCUT2D eigenvalue weighted by atomic mass is 10.2. The van der Waals surface area contributed by atoms with Crippen molar-refractivity contribution in [3.05, 3.63) is 41.2 Å². The minimum atomic E-state index is -0.491. The average molecular weight is 375 g/mol. The van der Waals surface area contributed by atoms with Crippen LogP contribution in [0.5, 0.6) is 0 Å². The Morgan fingerprint density at radius 3 is 2.50 bits per heavy atom. The SMILES string of the molecule is CC(O)CNc1nc(NCc2ccc(Cl)cc2)c2ncn(C(C)C)c2n1. The van der Waals surface area contributed by atoms with Gasteiger partial charge >= 0.3 is 0 Å². The summed E-state index contributed by atoms with van der Waals surface area (Å²) < 4.78 is 2.00. The number of hydrogen-bond donors (Lipinski definition) is 3. The summed E-state index contributed by atoms with van der Waals surface area (Å²) in [6.45, 7) is 6.83. The van der Waals surface area contributed by atoms with Crippen LogP contribution in [0, 0.1) is 0 Å². The number of aromatic nitrogens is 4. The lowest BCUT2D eigenvalue weighted by molar-refractivity contribution is 0.208. The molecule has 0 saturated carbocycles. The standard InChI is InChI=1S/C18H23ClN6O/c1-11(2)25-10-22-15-16(20-9-13-4-6-14(19)7-5-13)23-18(24-17(15)25)21-8-12(3)26/h4-7,10-12,26H,8-9H2,1-3H3,(H2,20,21,23,24). The monoisotopic (exact) mass is 374 g/mol. The van der Waals surface area contributed by atoms with Crippen LogP contribution in [0.3, 0.4) is 0 Å². The van der Waals surface area contributed by atoms with E-state index in [0.29, 0.717) is 29.9 Å². The molecule has 1 unspecified atom stereocenters. The maximum Gasteiger partial charge on any atom is 0.226 e. The van der Waals surface area contributed by atoms with Crippen molar-refractivity contribution in [2.24, 2.45) is 0 Å². The minimum Gasteiger partial charge on any atom is -0.392 e. The predicted octanol–water partition coefficient (Wildman–Crippen LogP) is 3.47. The van der Waals surface area contributed by atoms with E-state index in [-0.39, 0.29) is 6.04 Å².